The highest BCUT2D eigenvalue weighted by atomic mass is 16.5. The van der Waals surface area contributed by atoms with Crippen LogP contribution in [0.2, 0.25) is 0 Å². The topological polar surface area (TPSA) is 49.8 Å². The predicted molar refractivity (Wildman–Crippen MR) is 71.7 cm³/mol. The molecule has 18 heavy (non-hydrogen) atoms. The van der Waals surface area contributed by atoms with Crippen LogP contribution in [0.1, 0.15) is 31.1 Å². The Hall–Kier alpha value is -1.55. The smallest absolute Gasteiger partial charge is 0.339 e. The van der Waals surface area contributed by atoms with Crippen molar-refractivity contribution in [2.24, 2.45) is 0 Å². The van der Waals surface area contributed by atoms with Gasteiger partial charge in [0, 0.05) is 25.3 Å². The van der Waals surface area contributed by atoms with Gasteiger partial charge in [0.05, 0.1) is 6.61 Å². The van der Waals surface area contributed by atoms with E-state index in [2.05, 4.69) is 0 Å². The number of hydrogen-bond donors (Lipinski definition) is 1. The summed E-state index contributed by atoms with van der Waals surface area (Å²) in [5.41, 5.74) is 2.50. The molecule has 100 valence electrons. The van der Waals surface area contributed by atoms with Crippen molar-refractivity contribution >= 4 is 11.7 Å². The minimum Gasteiger partial charge on any atom is -0.464 e. The highest BCUT2D eigenvalue weighted by Gasteiger charge is 2.22. The van der Waals surface area contributed by atoms with E-state index in [0.717, 1.165) is 17.7 Å². The molecular weight excluding hydrogens is 230 g/mol. The maximum absolute atomic E-state index is 11.6. The van der Waals surface area contributed by atoms with E-state index in [1.165, 1.54) is 0 Å². The number of nitrogens with zero attached hydrogens (tertiary/aromatic N) is 1. The summed E-state index contributed by atoms with van der Waals surface area (Å²) in [6.07, 6.45) is -0.371. The van der Waals surface area contributed by atoms with Crippen LogP contribution in [0.5, 0.6) is 0 Å². The number of aryl methyl sites for hydroxylation is 1. The Kier molecular flexibility index (Phi) is 5.16. The van der Waals surface area contributed by atoms with E-state index in [-0.39, 0.29) is 6.61 Å². The van der Waals surface area contributed by atoms with E-state index < -0.39 is 12.1 Å². The number of carbonyl (C=O) groups excluding carboxylic acids is 1. The molecule has 4 nitrogen and oxygen atoms in total. The summed E-state index contributed by atoms with van der Waals surface area (Å²) >= 11 is 0. The van der Waals surface area contributed by atoms with Crippen molar-refractivity contribution in [3.05, 3.63) is 29.3 Å². The first-order chi connectivity index (χ1) is 8.51. The summed E-state index contributed by atoms with van der Waals surface area (Å²) in [5.74, 6) is -0.603. The van der Waals surface area contributed by atoms with E-state index in [9.17, 15) is 9.90 Å². The third-order valence-electron chi connectivity index (χ3n) is 2.79. The van der Waals surface area contributed by atoms with Gasteiger partial charge in [0.1, 0.15) is 0 Å². The molecule has 1 atom stereocenters. The quantitative estimate of drug-likeness (QED) is 0.812. The van der Waals surface area contributed by atoms with E-state index in [1.54, 1.807) is 6.92 Å². The third-order valence-corrected chi connectivity index (χ3v) is 2.79. The van der Waals surface area contributed by atoms with Crippen LogP contribution in [0, 0.1) is 0 Å². The Bertz CT molecular complexity index is 416. The Morgan fingerprint density at radius 2 is 2.06 bits per heavy atom. The zero-order valence-electron chi connectivity index (χ0n) is 11.4. The van der Waals surface area contributed by atoms with E-state index >= 15 is 0 Å². The minimum atomic E-state index is -1.23. The average Bonchev–Trinajstić information content (AvgIpc) is 2.37. The summed E-state index contributed by atoms with van der Waals surface area (Å²) < 4.78 is 4.86. The third kappa shape index (κ3) is 3.23. The van der Waals surface area contributed by atoms with Crippen molar-refractivity contribution in [1.29, 1.82) is 0 Å². The number of rotatable bonds is 5. The Labute approximate surface area is 108 Å². The number of carbonyl (C=O) groups is 1. The van der Waals surface area contributed by atoms with Gasteiger partial charge in [-0.15, -0.1) is 0 Å². The predicted octanol–water partition coefficient (Wildman–Crippen LogP) is 1.91. The second-order valence-electron chi connectivity index (χ2n) is 4.30. The molecule has 1 unspecified atom stereocenters. The number of ether oxygens (including phenoxy) is 1. The monoisotopic (exact) mass is 251 g/mol. The van der Waals surface area contributed by atoms with Crippen molar-refractivity contribution in [2.75, 3.05) is 25.6 Å². The molecule has 0 saturated heterocycles. The van der Waals surface area contributed by atoms with Crippen molar-refractivity contribution < 1.29 is 14.6 Å². The fourth-order valence-electron chi connectivity index (χ4n) is 1.80. The number of hydrogen-bond acceptors (Lipinski definition) is 4. The lowest BCUT2D eigenvalue weighted by molar-refractivity contribution is -0.153. The average molecular weight is 251 g/mol. The van der Waals surface area contributed by atoms with E-state index in [1.807, 2.05) is 44.1 Å². The molecule has 0 heterocycles. The number of esters is 1. The summed E-state index contributed by atoms with van der Waals surface area (Å²) in [6, 6.07) is 5.77. The van der Waals surface area contributed by atoms with Crippen LogP contribution in [-0.2, 0) is 16.0 Å². The highest BCUT2D eigenvalue weighted by Crippen LogP contribution is 2.27. The molecule has 0 aromatic heterocycles. The molecule has 1 N–H and O–H groups in total. The van der Waals surface area contributed by atoms with Gasteiger partial charge in [0.15, 0.2) is 6.10 Å². The van der Waals surface area contributed by atoms with Crippen molar-refractivity contribution in [3.8, 4) is 0 Å². The zero-order valence-corrected chi connectivity index (χ0v) is 11.4. The minimum absolute atomic E-state index is 0.265. The van der Waals surface area contributed by atoms with Gasteiger partial charge in [-0.3, -0.25) is 0 Å². The normalized spacial score (nSPS) is 12.1. The molecule has 0 bridgehead atoms. The second kappa shape index (κ2) is 6.40. The molecule has 0 aliphatic rings. The van der Waals surface area contributed by atoms with Gasteiger partial charge in [0.2, 0.25) is 0 Å². The van der Waals surface area contributed by atoms with Crippen LogP contribution in [0.4, 0.5) is 5.69 Å². The van der Waals surface area contributed by atoms with Crippen LogP contribution in [0.15, 0.2) is 18.2 Å². The first-order valence-electron chi connectivity index (χ1n) is 6.16. The summed E-state index contributed by atoms with van der Waals surface area (Å²) in [4.78, 5) is 13.5. The lowest BCUT2D eigenvalue weighted by atomic mass is 10.0. The van der Waals surface area contributed by atoms with Crippen LogP contribution in [-0.4, -0.2) is 31.8 Å². The lowest BCUT2D eigenvalue weighted by Gasteiger charge is -2.21. The fraction of sp³-hybridized carbons (Fsp3) is 0.500. The van der Waals surface area contributed by atoms with Gasteiger partial charge in [-0.05, 0) is 25.0 Å². The van der Waals surface area contributed by atoms with Crippen molar-refractivity contribution in [3.63, 3.8) is 0 Å². The van der Waals surface area contributed by atoms with Crippen LogP contribution in [0.3, 0.4) is 0 Å². The van der Waals surface area contributed by atoms with Crippen molar-refractivity contribution in [1.82, 2.24) is 0 Å². The van der Waals surface area contributed by atoms with Gasteiger partial charge in [-0.2, -0.15) is 0 Å². The maximum Gasteiger partial charge on any atom is 0.339 e. The molecule has 4 heteroatoms. The fourth-order valence-corrected chi connectivity index (χ4v) is 1.80. The first kappa shape index (κ1) is 14.5. The molecule has 0 spiro atoms. The van der Waals surface area contributed by atoms with Crippen LogP contribution < -0.4 is 4.90 Å². The summed E-state index contributed by atoms with van der Waals surface area (Å²) in [5, 5.41) is 10.1. The van der Waals surface area contributed by atoms with Gasteiger partial charge >= 0.3 is 5.97 Å². The number of aliphatic hydroxyl groups is 1. The Morgan fingerprint density at radius 1 is 1.39 bits per heavy atom. The molecule has 1 aromatic rings. The first-order valence-corrected chi connectivity index (χ1v) is 6.16. The standard InChI is InChI=1S/C14H21NO3/c1-5-10-7-8-12(15(3)4)11(9-10)13(16)14(17)18-6-2/h7-9,13,16H,5-6H2,1-4H3. The molecule has 0 aliphatic carbocycles. The van der Waals surface area contributed by atoms with Crippen LogP contribution in [0.25, 0.3) is 0 Å². The SMILES string of the molecule is CCOC(=O)C(O)c1cc(CC)ccc1N(C)C. The van der Waals surface area contributed by atoms with E-state index in [0.29, 0.717) is 5.56 Å². The van der Waals surface area contributed by atoms with Crippen molar-refractivity contribution in [2.45, 2.75) is 26.4 Å². The number of aliphatic hydroxyl groups excluding tert-OH is 1. The molecule has 0 radical (unpaired) electrons. The summed E-state index contributed by atoms with van der Waals surface area (Å²) in [7, 11) is 3.75. The second-order valence-corrected chi connectivity index (χ2v) is 4.30. The Balaban J connectivity index is 3.14. The van der Waals surface area contributed by atoms with E-state index in [4.69, 9.17) is 4.74 Å². The molecule has 0 aliphatic heterocycles. The van der Waals surface area contributed by atoms with Gasteiger partial charge in [0.25, 0.3) is 0 Å². The number of anilines is 1. The molecule has 0 saturated carbocycles. The zero-order chi connectivity index (χ0) is 13.7. The molecule has 0 amide bonds. The van der Waals surface area contributed by atoms with Gasteiger partial charge < -0.3 is 14.7 Å². The maximum atomic E-state index is 11.6. The molecule has 1 aromatic carbocycles. The molecule has 1 rings (SSSR count). The highest BCUT2D eigenvalue weighted by molar-refractivity contribution is 5.79. The van der Waals surface area contributed by atoms with Gasteiger partial charge in [-0.1, -0.05) is 19.1 Å². The molecular formula is C14H21NO3. The summed E-state index contributed by atoms with van der Waals surface area (Å²) in [6.45, 7) is 4.02. The Morgan fingerprint density at radius 3 is 2.56 bits per heavy atom. The van der Waals surface area contributed by atoms with Crippen LogP contribution >= 0.6 is 0 Å². The molecule has 0 fully saturated rings. The largest absolute Gasteiger partial charge is 0.464 e. The number of benzene rings is 1. The van der Waals surface area contributed by atoms with Gasteiger partial charge in [-0.25, -0.2) is 4.79 Å². The lowest BCUT2D eigenvalue weighted by Crippen LogP contribution is -2.20.